The van der Waals surface area contributed by atoms with Crippen molar-refractivity contribution in [3.05, 3.63) is 28.3 Å². The van der Waals surface area contributed by atoms with E-state index >= 15 is 0 Å². The molecule has 10 nitrogen and oxygen atoms in total. The van der Waals surface area contributed by atoms with Gasteiger partial charge in [0.1, 0.15) is 0 Å². The van der Waals surface area contributed by atoms with Gasteiger partial charge in [0.15, 0.2) is 0 Å². The van der Waals surface area contributed by atoms with Crippen LogP contribution in [0.3, 0.4) is 0 Å². The SMILES string of the molecule is NCCCC[C@H](N)C(=O)Oc1ccc([As](=O)(O)O)cc1[N+](=O)[O-]. The van der Waals surface area contributed by atoms with Crippen LogP contribution in [0.25, 0.3) is 0 Å². The molecule has 23 heavy (non-hydrogen) atoms. The number of unbranched alkanes of at least 4 members (excludes halogenated alkanes) is 1. The van der Waals surface area contributed by atoms with Crippen LogP contribution in [0.5, 0.6) is 5.75 Å². The average Bonchev–Trinajstić information content (AvgIpc) is 2.46. The third-order valence-corrected chi connectivity index (χ3v) is 4.95. The Balaban J connectivity index is 2.93. The maximum atomic E-state index is 11.8. The first-order chi connectivity index (χ1) is 10.7. The van der Waals surface area contributed by atoms with E-state index in [-0.39, 0.29) is 0 Å². The molecule has 0 bridgehead atoms. The number of ether oxygens (including phenoxy) is 1. The third-order valence-electron chi connectivity index (χ3n) is 2.96. The summed E-state index contributed by atoms with van der Waals surface area (Å²) in [6, 6.07) is 1.68. The van der Waals surface area contributed by atoms with Crippen molar-refractivity contribution in [1.29, 1.82) is 0 Å². The summed E-state index contributed by atoms with van der Waals surface area (Å²) in [6.45, 7) is 0.457. The van der Waals surface area contributed by atoms with Crippen molar-refractivity contribution in [2.75, 3.05) is 6.54 Å². The molecule has 0 aliphatic carbocycles. The molecule has 0 radical (unpaired) electrons. The van der Waals surface area contributed by atoms with Crippen LogP contribution in [0, 0.1) is 10.1 Å². The number of hydrogen-bond acceptors (Lipinski definition) is 7. The Kier molecular flexibility index (Phi) is 6.92. The number of nitrogens with zero attached hydrogens (tertiary/aromatic N) is 1. The van der Waals surface area contributed by atoms with Crippen LogP contribution in [0.2, 0.25) is 0 Å². The Morgan fingerprint density at radius 1 is 1.39 bits per heavy atom. The fraction of sp³-hybridized carbons (Fsp3) is 0.417. The van der Waals surface area contributed by atoms with E-state index in [4.69, 9.17) is 24.4 Å². The zero-order valence-corrected chi connectivity index (χ0v) is 14.0. The molecular formula is C12H18AsN3O7. The van der Waals surface area contributed by atoms with Crippen molar-refractivity contribution in [3.63, 3.8) is 0 Å². The van der Waals surface area contributed by atoms with Gasteiger partial charge in [0, 0.05) is 0 Å². The van der Waals surface area contributed by atoms with E-state index in [2.05, 4.69) is 0 Å². The van der Waals surface area contributed by atoms with Gasteiger partial charge in [0.2, 0.25) is 0 Å². The first-order valence-electron chi connectivity index (χ1n) is 6.68. The average molecular weight is 391 g/mol. The summed E-state index contributed by atoms with van der Waals surface area (Å²) < 4.78 is 33.8. The van der Waals surface area contributed by atoms with Crippen LogP contribution >= 0.6 is 0 Å². The molecule has 0 saturated carbocycles. The normalized spacial score (nSPS) is 12.7. The van der Waals surface area contributed by atoms with Gasteiger partial charge in [0.25, 0.3) is 0 Å². The number of nitrogens with two attached hydrogens (primary N) is 2. The third kappa shape index (κ3) is 5.77. The van der Waals surface area contributed by atoms with Gasteiger partial charge in [-0.25, -0.2) is 0 Å². The summed E-state index contributed by atoms with van der Waals surface area (Å²) in [5.74, 6) is -1.28. The van der Waals surface area contributed by atoms with Crippen LogP contribution in [0.1, 0.15) is 19.3 Å². The molecule has 0 spiro atoms. The van der Waals surface area contributed by atoms with Gasteiger partial charge in [0.05, 0.1) is 0 Å². The van der Waals surface area contributed by atoms with Gasteiger partial charge in [-0.15, -0.1) is 0 Å². The summed E-state index contributed by atoms with van der Waals surface area (Å²) in [4.78, 5) is 21.9. The number of carbonyl (C=O) groups excluding carboxylic acids is 1. The second-order valence-corrected chi connectivity index (χ2v) is 8.13. The van der Waals surface area contributed by atoms with Crippen molar-refractivity contribution in [3.8, 4) is 5.75 Å². The predicted molar refractivity (Wildman–Crippen MR) is 80.1 cm³/mol. The maximum absolute atomic E-state index is 11.8. The van der Waals surface area contributed by atoms with Gasteiger partial charge in [-0.2, -0.15) is 0 Å². The molecule has 1 atom stereocenters. The number of esters is 1. The van der Waals surface area contributed by atoms with Crippen LogP contribution in [0.15, 0.2) is 18.2 Å². The first kappa shape index (κ1) is 19.3. The van der Waals surface area contributed by atoms with E-state index in [1.165, 1.54) is 0 Å². The quantitative estimate of drug-likeness (QED) is 0.103. The van der Waals surface area contributed by atoms with E-state index in [1.54, 1.807) is 0 Å². The van der Waals surface area contributed by atoms with Crippen molar-refractivity contribution >= 4 is 30.2 Å². The van der Waals surface area contributed by atoms with Gasteiger partial charge >= 0.3 is 134 Å². The van der Waals surface area contributed by atoms with Crippen LogP contribution in [-0.4, -0.2) is 45.8 Å². The second kappa shape index (κ2) is 8.23. The molecule has 1 aromatic carbocycles. The molecule has 1 aromatic rings. The van der Waals surface area contributed by atoms with E-state index in [1.807, 2.05) is 0 Å². The van der Waals surface area contributed by atoms with Crippen molar-refractivity contribution in [1.82, 2.24) is 0 Å². The molecule has 0 amide bonds. The Labute approximate surface area is 134 Å². The minimum absolute atomic E-state index is 0.313. The molecule has 1 rings (SSSR count). The number of rotatable bonds is 8. The van der Waals surface area contributed by atoms with Crippen LogP contribution in [0.4, 0.5) is 5.69 Å². The zero-order chi connectivity index (χ0) is 17.6. The Morgan fingerprint density at radius 3 is 2.57 bits per heavy atom. The summed E-state index contributed by atoms with van der Waals surface area (Å²) in [5.41, 5.74) is 10.2. The summed E-state index contributed by atoms with van der Waals surface area (Å²) >= 11 is -5.29. The fourth-order valence-electron chi connectivity index (χ4n) is 1.73. The van der Waals surface area contributed by atoms with Crippen LogP contribution < -0.4 is 20.6 Å². The summed E-state index contributed by atoms with van der Waals surface area (Å²) in [7, 11) is 0. The monoisotopic (exact) mass is 391 g/mol. The molecule has 0 unspecified atom stereocenters. The summed E-state index contributed by atoms with van der Waals surface area (Å²) in [6.07, 6.45) is 1.60. The van der Waals surface area contributed by atoms with Crippen molar-refractivity contribution < 1.29 is 26.4 Å². The molecule has 0 saturated heterocycles. The zero-order valence-electron chi connectivity index (χ0n) is 12.1. The number of hydrogen-bond donors (Lipinski definition) is 4. The molecule has 6 N–H and O–H groups in total. The minimum atomic E-state index is -5.29. The number of carbonyl (C=O) groups is 1. The molecule has 128 valence electrons. The number of benzene rings is 1. The molecule has 0 heterocycles. The fourth-order valence-corrected chi connectivity index (χ4v) is 2.90. The topological polar surface area (TPSA) is 179 Å². The Bertz CT molecular complexity index is 631. The standard InChI is InChI=1S/C12H18AsN3O7/c14-6-2-1-3-9(15)12(17)23-11-5-4-8(13(18,19)20)7-10(11)16(21)22/h4-5,7,9H,1-3,6,14-15H2,(H2,18,19,20)/t9-/m0/s1. The second-order valence-electron chi connectivity index (χ2n) is 4.77. The Morgan fingerprint density at radius 2 is 2.04 bits per heavy atom. The van der Waals surface area contributed by atoms with Crippen molar-refractivity contribution in [2.24, 2.45) is 11.5 Å². The van der Waals surface area contributed by atoms with Gasteiger partial charge in [-0.3, -0.25) is 0 Å². The van der Waals surface area contributed by atoms with Gasteiger partial charge in [-0.1, -0.05) is 0 Å². The molecular weight excluding hydrogens is 373 g/mol. The molecule has 0 aromatic heterocycles. The van der Waals surface area contributed by atoms with E-state index in [0.717, 1.165) is 12.1 Å². The van der Waals surface area contributed by atoms with Crippen molar-refractivity contribution in [2.45, 2.75) is 25.3 Å². The summed E-state index contributed by atoms with van der Waals surface area (Å²) in [5, 5.41) is 11.0. The van der Waals surface area contributed by atoms with Crippen LogP contribution in [-0.2, 0) is 8.53 Å². The van der Waals surface area contributed by atoms with Gasteiger partial charge < -0.3 is 0 Å². The Hall–Kier alpha value is -1.71. The van der Waals surface area contributed by atoms with E-state index in [0.29, 0.717) is 31.9 Å². The van der Waals surface area contributed by atoms with Gasteiger partial charge in [-0.05, 0) is 0 Å². The number of nitro groups is 1. The molecule has 0 aliphatic heterocycles. The van der Waals surface area contributed by atoms with E-state index < -0.39 is 46.9 Å². The predicted octanol–water partition coefficient (Wildman–Crippen LogP) is -1.48. The van der Waals surface area contributed by atoms with E-state index in [9.17, 15) is 18.6 Å². The molecule has 0 fully saturated rings. The number of nitro benzene ring substituents is 1. The first-order valence-corrected chi connectivity index (χ1v) is 10.1. The molecule has 11 heteroatoms. The molecule has 0 aliphatic rings.